The fraction of sp³-hybridized carbons (Fsp3) is 0.692. The Hall–Kier alpha value is -1.25. The van der Waals surface area contributed by atoms with Crippen LogP contribution < -0.4 is 10.0 Å². The molecule has 7 nitrogen and oxygen atoms in total. The van der Waals surface area contributed by atoms with Crippen molar-refractivity contribution in [3.8, 4) is 0 Å². The monoisotopic (exact) mass is 313 g/mol. The number of rotatable bonds is 6. The summed E-state index contributed by atoms with van der Waals surface area (Å²) in [6.45, 7) is 0.413. The number of hydrogen-bond donors (Lipinski definition) is 2. The number of likely N-dealkylation sites (N-methyl/N-ethyl adjacent to an activating group) is 1. The SMILES string of the molecule is CNc1ncc(S(=O)(=O)NCC2(N(C)C)CCCC2)cn1. The Kier molecular flexibility index (Phi) is 4.80. The fourth-order valence-electron chi connectivity index (χ4n) is 2.71. The number of hydrogen-bond acceptors (Lipinski definition) is 6. The molecule has 0 bridgehead atoms. The number of nitrogens with zero attached hydrogens (tertiary/aromatic N) is 3. The standard InChI is InChI=1S/C13H23N5O2S/c1-14-12-15-8-11(9-16-12)21(19,20)17-10-13(18(2)3)6-4-5-7-13/h8-9,17H,4-7,10H2,1-3H3,(H,14,15,16). The van der Waals surface area contributed by atoms with Gasteiger partial charge in [-0.3, -0.25) is 0 Å². The third-order valence-corrected chi connectivity index (χ3v) is 5.59. The topological polar surface area (TPSA) is 87.2 Å². The molecule has 0 atom stereocenters. The van der Waals surface area contributed by atoms with Crippen LogP contribution in [-0.4, -0.2) is 56.5 Å². The van der Waals surface area contributed by atoms with Gasteiger partial charge in [-0.15, -0.1) is 0 Å². The van der Waals surface area contributed by atoms with Crippen molar-refractivity contribution in [2.24, 2.45) is 0 Å². The summed E-state index contributed by atoms with van der Waals surface area (Å²) in [6.07, 6.45) is 6.94. The van der Waals surface area contributed by atoms with Crippen molar-refractivity contribution < 1.29 is 8.42 Å². The molecule has 2 N–H and O–H groups in total. The van der Waals surface area contributed by atoms with Crippen LogP contribution in [0.1, 0.15) is 25.7 Å². The molecule has 0 radical (unpaired) electrons. The molecule has 0 saturated heterocycles. The summed E-state index contributed by atoms with van der Waals surface area (Å²) in [4.78, 5) is 10.1. The lowest BCUT2D eigenvalue weighted by atomic mass is 9.97. The molecule has 1 saturated carbocycles. The van der Waals surface area contributed by atoms with E-state index in [4.69, 9.17) is 0 Å². The van der Waals surface area contributed by atoms with Crippen molar-refractivity contribution >= 4 is 16.0 Å². The normalized spacial score (nSPS) is 18.1. The van der Waals surface area contributed by atoms with Crippen LogP contribution in [0, 0.1) is 0 Å². The molecule has 1 aromatic heterocycles. The van der Waals surface area contributed by atoms with Crippen molar-refractivity contribution in [3.63, 3.8) is 0 Å². The summed E-state index contributed by atoms with van der Waals surface area (Å²) in [5.74, 6) is 0.398. The largest absolute Gasteiger partial charge is 0.357 e. The minimum Gasteiger partial charge on any atom is -0.357 e. The summed E-state index contributed by atoms with van der Waals surface area (Å²) < 4.78 is 27.4. The van der Waals surface area contributed by atoms with Gasteiger partial charge in [-0.2, -0.15) is 0 Å². The Morgan fingerprint density at radius 2 is 1.81 bits per heavy atom. The lowest BCUT2D eigenvalue weighted by Crippen LogP contribution is -2.50. The van der Waals surface area contributed by atoms with Gasteiger partial charge in [0.25, 0.3) is 0 Å². The van der Waals surface area contributed by atoms with Gasteiger partial charge in [-0.05, 0) is 26.9 Å². The van der Waals surface area contributed by atoms with Crippen LogP contribution in [0.2, 0.25) is 0 Å². The lowest BCUT2D eigenvalue weighted by Gasteiger charge is -2.36. The molecule has 2 rings (SSSR count). The van der Waals surface area contributed by atoms with Gasteiger partial charge in [0.15, 0.2) is 0 Å². The molecule has 0 amide bonds. The Bertz CT molecular complexity index is 565. The van der Waals surface area contributed by atoms with E-state index in [0.717, 1.165) is 25.7 Å². The van der Waals surface area contributed by atoms with Gasteiger partial charge in [-0.1, -0.05) is 12.8 Å². The zero-order chi connectivity index (χ0) is 15.5. The first-order chi connectivity index (χ1) is 9.89. The smallest absolute Gasteiger partial charge is 0.243 e. The molecule has 1 fully saturated rings. The number of sulfonamides is 1. The highest BCUT2D eigenvalue weighted by atomic mass is 32.2. The maximum atomic E-state index is 12.3. The average molecular weight is 313 g/mol. The zero-order valence-corrected chi connectivity index (χ0v) is 13.6. The molecule has 0 aromatic carbocycles. The summed E-state index contributed by atoms with van der Waals surface area (Å²) in [6, 6.07) is 0. The van der Waals surface area contributed by atoms with Crippen molar-refractivity contribution in [1.82, 2.24) is 19.6 Å². The molecule has 0 unspecified atom stereocenters. The molecule has 1 aromatic rings. The van der Waals surface area contributed by atoms with Crippen LogP contribution in [0.3, 0.4) is 0 Å². The van der Waals surface area contributed by atoms with Crippen LogP contribution in [-0.2, 0) is 10.0 Å². The summed E-state index contributed by atoms with van der Waals surface area (Å²) in [7, 11) is 2.12. The Morgan fingerprint density at radius 1 is 1.24 bits per heavy atom. The molecule has 118 valence electrons. The highest BCUT2D eigenvalue weighted by molar-refractivity contribution is 7.89. The third kappa shape index (κ3) is 3.50. The highest BCUT2D eigenvalue weighted by Gasteiger charge is 2.37. The maximum Gasteiger partial charge on any atom is 0.243 e. The minimum atomic E-state index is -3.57. The van der Waals surface area contributed by atoms with Gasteiger partial charge >= 0.3 is 0 Å². The van der Waals surface area contributed by atoms with Crippen LogP contribution in [0.25, 0.3) is 0 Å². The molecule has 0 spiro atoms. The van der Waals surface area contributed by atoms with E-state index < -0.39 is 10.0 Å². The van der Waals surface area contributed by atoms with E-state index >= 15 is 0 Å². The zero-order valence-electron chi connectivity index (χ0n) is 12.8. The Morgan fingerprint density at radius 3 is 2.29 bits per heavy atom. The molecule has 8 heteroatoms. The molecule has 21 heavy (non-hydrogen) atoms. The number of aromatic nitrogens is 2. The number of anilines is 1. The Labute approximate surface area is 126 Å². The predicted octanol–water partition coefficient (Wildman–Crippen LogP) is 0.671. The van der Waals surface area contributed by atoms with Crippen LogP contribution in [0.15, 0.2) is 17.3 Å². The van der Waals surface area contributed by atoms with Crippen molar-refractivity contribution in [2.45, 2.75) is 36.1 Å². The Balaban J connectivity index is 2.10. The summed E-state index contributed by atoms with van der Waals surface area (Å²) >= 11 is 0. The molecule has 1 aliphatic rings. The van der Waals surface area contributed by atoms with Gasteiger partial charge in [0.1, 0.15) is 4.90 Å². The van der Waals surface area contributed by atoms with Crippen molar-refractivity contribution in [3.05, 3.63) is 12.4 Å². The fourth-order valence-corrected chi connectivity index (χ4v) is 3.72. The molecular weight excluding hydrogens is 290 g/mol. The second kappa shape index (κ2) is 6.25. The van der Waals surface area contributed by atoms with E-state index in [9.17, 15) is 8.42 Å². The molecule has 1 aliphatic carbocycles. The van der Waals surface area contributed by atoms with Crippen LogP contribution in [0.4, 0.5) is 5.95 Å². The van der Waals surface area contributed by atoms with Crippen LogP contribution in [0.5, 0.6) is 0 Å². The second-order valence-corrected chi connectivity index (χ2v) is 7.41. The van der Waals surface area contributed by atoms with Gasteiger partial charge in [0, 0.05) is 19.1 Å². The predicted molar refractivity (Wildman–Crippen MR) is 81.7 cm³/mol. The quantitative estimate of drug-likeness (QED) is 0.803. The third-order valence-electron chi connectivity index (χ3n) is 4.24. The molecule has 0 aliphatic heterocycles. The maximum absolute atomic E-state index is 12.3. The van der Waals surface area contributed by atoms with Crippen molar-refractivity contribution in [2.75, 3.05) is 33.0 Å². The summed E-state index contributed by atoms with van der Waals surface area (Å²) in [5, 5.41) is 2.76. The van der Waals surface area contributed by atoms with Crippen molar-refractivity contribution in [1.29, 1.82) is 0 Å². The van der Waals surface area contributed by atoms with Gasteiger partial charge in [0.05, 0.1) is 12.4 Å². The lowest BCUT2D eigenvalue weighted by molar-refractivity contribution is 0.162. The van der Waals surface area contributed by atoms with Crippen LogP contribution >= 0.6 is 0 Å². The molecule has 1 heterocycles. The van der Waals surface area contributed by atoms with E-state index in [1.807, 2.05) is 14.1 Å². The second-order valence-electron chi connectivity index (χ2n) is 5.64. The van der Waals surface area contributed by atoms with E-state index in [-0.39, 0.29) is 10.4 Å². The average Bonchev–Trinajstić information content (AvgIpc) is 2.96. The number of nitrogens with one attached hydrogen (secondary N) is 2. The first-order valence-electron chi connectivity index (χ1n) is 7.06. The van der Waals surface area contributed by atoms with Gasteiger partial charge < -0.3 is 10.2 Å². The van der Waals surface area contributed by atoms with E-state index in [1.54, 1.807) is 7.05 Å². The first-order valence-corrected chi connectivity index (χ1v) is 8.55. The minimum absolute atomic E-state index is 0.0845. The van der Waals surface area contributed by atoms with Gasteiger partial charge in [0.2, 0.25) is 16.0 Å². The highest BCUT2D eigenvalue weighted by Crippen LogP contribution is 2.33. The van der Waals surface area contributed by atoms with E-state index in [2.05, 4.69) is 24.9 Å². The van der Waals surface area contributed by atoms with E-state index in [1.165, 1.54) is 12.4 Å². The first kappa shape index (κ1) is 16.1. The van der Waals surface area contributed by atoms with E-state index in [0.29, 0.717) is 12.5 Å². The summed E-state index contributed by atoms with van der Waals surface area (Å²) in [5.41, 5.74) is -0.0845. The van der Waals surface area contributed by atoms with Gasteiger partial charge in [-0.25, -0.2) is 23.1 Å². The molecular formula is C13H23N5O2S.